The van der Waals surface area contributed by atoms with Crippen molar-refractivity contribution in [3.8, 4) is 56.3 Å². The lowest BCUT2D eigenvalue weighted by Gasteiger charge is -2.11. The van der Waals surface area contributed by atoms with Gasteiger partial charge in [-0.15, -0.1) is 0 Å². The van der Waals surface area contributed by atoms with Gasteiger partial charge in [-0.1, -0.05) is 133 Å². The van der Waals surface area contributed by atoms with Gasteiger partial charge in [-0.25, -0.2) is 9.97 Å². The molecule has 0 aliphatic carbocycles. The predicted molar refractivity (Wildman–Crippen MR) is 192 cm³/mol. The molecule has 0 spiro atoms. The fourth-order valence-corrected chi connectivity index (χ4v) is 6.44. The number of rotatable bonds is 5. The van der Waals surface area contributed by atoms with E-state index in [4.69, 9.17) is 19.4 Å². The third kappa shape index (κ3) is 4.84. The highest BCUT2D eigenvalue weighted by atomic mass is 16.3. The Labute approximate surface area is 271 Å². The molecule has 4 nitrogen and oxygen atoms in total. The molecule has 220 valence electrons. The van der Waals surface area contributed by atoms with Crippen LogP contribution in [-0.2, 0) is 0 Å². The van der Waals surface area contributed by atoms with Gasteiger partial charge >= 0.3 is 0 Å². The van der Waals surface area contributed by atoms with E-state index in [9.17, 15) is 0 Å². The second-order valence-corrected chi connectivity index (χ2v) is 11.6. The van der Waals surface area contributed by atoms with Crippen molar-refractivity contribution in [3.05, 3.63) is 164 Å². The summed E-state index contributed by atoms with van der Waals surface area (Å²) in [4.78, 5) is 14.9. The maximum atomic E-state index is 6.16. The monoisotopic (exact) mass is 601 g/mol. The topological polar surface area (TPSA) is 51.8 Å². The molecule has 9 rings (SSSR count). The van der Waals surface area contributed by atoms with Gasteiger partial charge in [0.1, 0.15) is 11.2 Å². The standard InChI is InChI=1S/C43H27N3O/c1-3-10-28(11-4-1)32-22-24-37(44-27-32)39-26-38(30-12-5-2-6-13-30)45-43(46-39)31-20-18-29(19-21-31)33-15-9-16-35-34(33)23-25-41-42(35)36-14-7-8-17-40(36)47-41/h1-27H. The van der Waals surface area contributed by atoms with Crippen molar-refractivity contribution >= 4 is 32.7 Å². The van der Waals surface area contributed by atoms with Crippen LogP contribution in [-0.4, -0.2) is 15.0 Å². The number of fused-ring (bicyclic) bond motifs is 5. The molecule has 0 N–H and O–H groups in total. The summed E-state index contributed by atoms with van der Waals surface area (Å²) in [6.45, 7) is 0. The summed E-state index contributed by atoms with van der Waals surface area (Å²) in [7, 11) is 0. The zero-order valence-corrected chi connectivity index (χ0v) is 25.3. The van der Waals surface area contributed by atoms with Crippen LogP contribution >= 0.6 is 0 Å². The van der Waals surface area contributed by atoms with Gasteiger partial charge in [0.2, 0.25) is 0 Å². The van der Waals surface area contributed by atoms with Gasteiger partial charge in [-0.2, -0.15) is 0 Å². The predicted octanol–water partition coefficient (Wildman–Crippen LogP) is 11.3. The Morgan fingerprint density at radius 3 is 1.85 bits per heavy atom. The van der Waals surface area contributed by atoms with Crippen molar-refractivity contribution in [1.29, 1.82) is 0 Å². The van der Waals surface area contributed by atoms with Crippen LogP contribution in [0.4, 0.5) is 0 Å². The highest BCUT2D eigenvalue weighted by molar-refractivity contribution is 6.20. The van der Waals surface area contributed by atoms with E-state index in [1.165, 1.54) is 16.3 Å². The van der Waals surface area contributed by atoms with Gasteiger partial charge in [0.15, 0.2) is 5.82 Å². The first-order valence-electron chi connectivity index (χ1n) is 15.7. The van der Waals surface area contributed by atoms with Gasteiger partial charge in [0.25, 0.3) is 0 Å². The average molecular weight is 602 g/mol. The summed E-state index contributed by atoms with van der Waals surface area (Å²) in [6.07, 6.45) is 1.91. The van der Waals surface area contributed by atoms with Gasteiger partial charge in [0, 0.05) is 33.7 Å². The first-order chi connectivity index (χ1) is 23.3. The molecule has 6 aromatic carbocycles. The van der Waals surface area contributed by atoms with Gasteiger partial charge < -0.3 is 4.42 Å². The van der Waals surface area contributed by atoms with E-state index in [-0.39, 0.29) is 0 Å². The van der Waals surface area contributed by atoms with Crippen LogP contribution in [0.15, 0.2) is 168 Å². The molecular weight excluding hydrogens is 574 g/mol. The third-order valence-electron chi connectivity index (χ3n) is 8.78. The van der Waals surface area contributed by atoms with E-state index in [0.29, 0.717) is 5.82 Å². The lowest BCUT2D eigenvalue weighted by Crippen LogP contribution is -1.97. The van der Waals surface area contributed by atoms with Crippen molar-refractivity contribution in [3.63, 3.8) is 0 Å². The molecule has 0 aliphatic rings. The van der Waals surface area contributed by atoms with E-state index in [1.54, 1.807) is 0 Å². The van der Waals surface area contributed by atoms with Crippen LogP contribution in [0, 0.1) is 0 Å². The minimum absolute atomic E-state index is 0.659. The number of furan rings is 1. The molecule has 0 saturated carbocycles. The van der Waals surface area contributed by atoms with Gasteiger partial charge in [-0.05, 0) is 51.7 Å². The Morgan fingerprint density at radius 1 is 0.383 bits per heavy atom. The number of nitrogens with zero attached hydrogens (tertiary/aromatic N) is 3. The molecule has 0 fully saturated rings. The number of hydrogen-bond donors (Lipinski definition) is 0. The number of pyridine rings is 1. The molecule has 4 heteroatoms. The highest BCUT2D eigenvalue weighted by Crippen LogP contribution is 2.38. The normalized spacial score (nSPS) is 11.4. The number of benzene rings is 6. The molecular formula is C43H27N3O. The SMILES string of the molecule is c1ccc(-c2ccc(-c3cc(-c4ccccc4)nc(-c4ccc(-c5cccc6c5ccc5oc7ccccc7c56)cc4)n3)nc2)cc1. The lowest BCUT2D eigenvalue weighted by molar-refractivity contribution is 0.669. The van der Waals surface area contributed by atoms with E-state index in [2.05, 4.69) is 97.1 Å². The minimum atomic E-state index is 0.659. The van der Waals surface area contributed by atoms with Gasteiger partial charge in [-0.3, -0.25) is 4.98 Å². The molecule has 0 saturated heterocycles. The van der Waals surface area contributed by atoms with Crippen LogP contribution in [0.5, 0.6) is 0 Å². The third-order valence-corrected chi connectivity index (χ3v) is 8.78. The molecule has 3 heterocycles. The molecule has 0 radical (unpaired) electrons. The maximum absolute atomic E-state index is 6.16. The van der Waals surface area contributed by atoms with Crippen LogP contribution in [0.25, 0.3) is 89.0 Å². The first kappa shape index (κ1) is 27.0. The van der Waals surface area contributed by atoms with Crippen molar-refractivity contribution in [1.82, 2.24) is 15.0 Å². The lowest BCUT2D eigenvalue weighted by atomic mass is 9.95. The molecule has 0 atom stereocenters. The van der Waals surface area contributed by atoms with E-state index < -0.39 is 0 Å². The summed E-state index contributed by atoms with van der Waals surface area (Å²) in [6, 6.07) is 54.2. The quantitative estimate of drug-likeness (QED) is 0.197. The Balaban J connectivity index is 1.12. The first-order valence-corrected chi connectivity index (χ1v) is 15.7. The number of hydrogen-bond acceptors (Lipinski definition) is 4. The summed E-state index contributed by atoms with van der Waals surface area (Å²) in [5.74, 6) is 0.659. The molecule has 47 heavy (non-hydrogen) atoms. The summed E-state index contributed by atoms with van der Waals surface area (Å²) < 4.78 is 6.16. The molecule has 9 aromatic rings. The Bertz CT molecular complexity index is 2540. The van der Waals surface area contributed by atoms with Crippen molar-refractivity contribution in [2.75, 3.05) is 0 Å². The van der Waals surface area contributed by atoms with E-state index >= 15 is 0 Å². The number of aromatic nitrogens is 3. The largest absolute Gasteiger partial charge is 0.456 e. The molecule has 0 amide bonds. The summed E-state index contributed by atoms with van der Waals surface area (Å²) in [5, 5.41) is 4.66. The highest BCUT2D eigenvalue weighted by Gasteiger charge is 2.15. The molecule has 0 unspecified atom stereocenters. The Kier molecular flexibility index (Phi) is 6.43. The maximum Gasteiger partial charge on any atom is 0.160 e. The molecule has 0 aliphatic heterocycles. The average Bonchev–Trinajstić information content (AvgIpc) is 3.55. The van der Waals surface area contributed by atoms with Crippen LogP contribution in [0.3, 0.4) is 0 Å². The van der Waals surface area contributed by atoms with E-state index in [1.807, 2.05) is 66.9 Å². The molecule has 3 aromatic heterocycles. The summed E-state index contributed by atoms with van der Waals surface area (Å²) >= 11 is 0. The smallest absolute Gasteiger partial charge is 0.160 e. The van der Waals surface area contributed by atoms with Crippen LogP contribution in [0.2, 0.25) is 0 Å². The fourth-order valence-electron chi connectivity index (χ4n) is 6.44. The molecule has 0 bridgehead atoms. The van der Waals surface area contributed by atoms with E-state index in [0.717, 1.165) is 66.8 Å². The number of para-hydroxylation sites is 1. The zero-order valence-electron chi connectivity index (χ0n) is 25.3. The van der Waals surface area contributed by atoms with Gasteiger partial charge in [0.05, 0.1) is 17.1 Å². The Hall–Kier alpha value is -6.39. The van der Waals surface area contributed by atoms with Crippen molar-refractivity contribution < 1.29 is 4.42 Å². The summed E-state index contributed by atoms with van der Waals surface area (Å²) in [5.41, 5.74) is 10.7. The van der Waals surface area contributed by atoms with Crippen LogP contribution < -0.4 is 0 Å². The Morgan fingerprint density at radius 2 is 1.06 bits per heavy atom. The van der Waals surface area contributed by atoms with Crippen LogP contribution in [0.1, 0.15) is 0 Å². The minimum Gasteiger partial charge on any atom is -0.456 e. The fraction of sp³-hybridized carbons (Fsp3) is 0. The van der Waals surface area contributed by atoms with Crippen molar-refractivity contribution in [2.24, 2.45) is 0 Å². The second-order valence-electron chi connectivity index (χ2n) is 11.6. The zero-order chi connectivity index (χ0) is 31.2. The second kappa shape index (κ2) is 11.2. The van der Waals surface area contributed by atoms with Crippen molar-refractivity contribution in [2.45, 2.75) is 0 Å².